The van der Waals surface area contributed by atoms with Gasteiger partial charge in [-0.25, -0.2) is 4.98 Å². The van der Waals surface area contributed by atoms with Gasteiger partial charge in [0, 0.05) is 51.4 Å². The molecule has 1 aromatic heterocycles. The summed E-state index contributed by atoms with van der Waals surface area (Å²) >= 11 is 0. The minimum atomic E-state index is -4.48. The van der Waals surface area contributed by atoms with E-state index in [-0.39, 0.29) is 17.8 Å². The van der Waals surface area contributed by atoms with E-state index in [1.165, 1.54) is 0 Å². The Morgan fingerprint density at radius 2 is 1.88 bits per heavy atom. The second kappa shape index (κ2) is 7.10. The average molecular weight is 344 g/mol. The molecule has 0 atom stereocenters. The second-order valence-corrected chi connectivity index (χ2v) is 6.45. The van der Waals surface area contributed by atoms with Gasteiger partial charge in [0.1, 0.15) is 5.82 Å². The number of rotatable bonds is 6. The zero-order valence-corrected chi connectivity index (χ0v) is 13.7. The fourth-order valence-corrected chi connectivity index (χ4v) is 2.57. The van der Waals surface area contributed by atoms with Crippen LogP contribution in [0.2, 0.25) is 0 Å². The first kappa shape index (κ1) is 17.2. The molecule has 2 fully saturated rings. The molecule has 1 aromatic rings. The summed E-state index contributed by atoms with van der Waals surface area (Å²) in [5.41, 5.74) is -0.914. The Balaban J connectivity index is 1.58. The number of nitrogens with zero attached hydrogens (tertiary/aromatic N) is 4. The van der Waals surface area contributed by atoms with Crippen molar-refractivity contribution in [1.82, 2.24) is 19.8 Å². The maximum absolute atomic E-state index is 13.0. The molecule has 1 aliphatic heterocycles. The van der Waals surface area contributed by atoms with E-state index in [1.54, 1.807) is 0 Å². The van der Waals surface area contributed by atoms with Gasteiger partial charge in [-0.05, 0) is 19.9 Å². The Morgan fingerprint density at radius 1 is 1.17 bits per heavy atom. The van der Waals surface area contributed by atoms with Gasteiger partial charge in [-0.3, -0.25) is 4.90 Å². The van der Waals surface area contributed by atoms with Crippen LogP contribution in [0.4, 0.5) is 24.9 Å². The summed E-state index contributed by atoms with van der Waals surface area (Å²) < 4.78 is 39.0. The van der Waals surface area contributed by atoms with Gasteiger partial charge in [0.15, 0.2) is 5.69 Å². The fourth-order valence-electron chi connectivity index (χ4n) is 2.57. The van der Waals surface area contributed by atoms with Crippen LogP contribution in [0.1, 0.15) is 18.5 Å². The molecule has 1 aliphatic carbocycles. The summed E-state index contributed by atoms with van der Waals surface area (Å²) in [4.78, 5) is 12.3. The van der Waals surface area contributed by atoms with Gasteiger partial charge in [0.25, 0.3) is 0 Å². The SMILES string of the molecule is CN1CCN(CCNc2cc(C(F)(F)F)nc(NC3CC3)n2)CC1. The Bertz CT molecular complexity index is 553. The first-order valence-corrected chi connectivity index (χ1v) is 8.28. The highest BCUT2D eigenvalue weighted by Crippen LogP contribution is 2.31. The van der Waals surface area contributed by atoms with Crippen LogP contribution in [0, 0.1) is 0 Å². The average Bonchev–Trinajstić information content (AvgIpc) is 3.32. The van der Waals surface area contributed by atoms with Crippen molar-refractivity contribution in [1.29, 1.82) is 0 Å². The van der Waals surface area contributed by atoms with Gasteiger partial charge in [-0.2, -0.15) is 18.2 Å². The van der Waals surface area contributed by atoms with E-state index < -0.39 is 11.9 Å². The van der Waals surface area contributed by atoms with Gasteiger partial charge < -0.3 is 15.5 Å². The number of hydrogen-bond donors (Lipinski definition) is 2. The molecule has 0 unspecified atom stereocenters. The lowest BCUT2D eigenvalue weighted by Gasteiger charge is -2.32. The van der Waals surface area contributed by atoms with Crippen molar-refractivity contribution < 1.29 is 13.2 Å². The standard InChI is InChI=1S/C15H23F3N6/c1-23-6-8-24(9-7-23)5-4-19-13-10-12(15(16,17)18)21-14(22-13)20-11-2-3-11/h10-11H,2-9H2,1H3,(H2,19,20,21,22). The summed E-state index contributed by atoms with van der Waals surface area (Å²) in [5.74, 6) is 0.268. The smallest absolute Gasteiger partial charge is 0.369 e. The molecule has 1 saturated heterocycles. The lowest BCUT2D eigenvalue weighted by atomic mass is 10.3. The highest BCUT2D eigenvalue weighted by Gasteiger charge is 2.34. The van der Waals surface area contributed by atoms with Crippen LogP contribution >= 0.6 is 0 Å². The summed E-state index contributed by atoms with van der Waals surface area (Å²) in [6.45, 7) is 5.32. The van der Waals surface area contributed by atoms with Crippen LogP contribution < -0.4 is 10.6 Å². The fraction of sp³-hybridized carbons (Fsp3) is 0.733. The number of hydrogen-bond acceptors (Lipinski definition) is 6. The van der Waals surface area contributed by atoms with E-state index in [0.29, 0.717) is 6.54 Å². The molecule has 24 heavy (non-hydrogen) atoms. The first-order chi connectivity index (χ1) is 11.4. The third kappa shape index (κ3) is 4.94. The van der Waals surface area contributed by atoms with Crippen molar-refractivity contribution in [2.45, 2.75) is 25.1 Å². The van der Waals surface area contributed by atoms with E-state index >= 15 is 0 Å². The van der Waals surface area contributed by atoms with Crippen molar-refractivity contribution >= 4 is 11.8 Å². The maximum Gasteiger partial charge on any atom is 0.433 e. The van der Waals surface area contributed by atoms with Gasteiger partial charge in [0.2, 0.25) is 5.95 Å². The predicted octanol–water partition coefficient (Wildman–Crippen LogP) is 1.73. The quantitative estimate of drug-likeness (QED) is 0.820. The van der Waals surface area contributed by atoms with Crippen LogP contribution in [0.15, 0.2) is 6.07 Å². The third-order valence-corrected chi connectivity index (χ3v) is 4.26. The molecular formula is C15H23F3N6. The molecule has 3 rings (SSSR count). The Labute approximate surface area is 139 Å². The normalized spacial score (nSPS) is 20.2. The lowest BCUT2D eigenvalue weighted by Crippen LogP contribution is -2.45. The highest BCUT2D eigenvalue weighted by atomic mass is 19.4. The monoisotopic (exact) mass is 344 g/mol. The minimum Gasteiger partial charge on any atom is -0.369 e. The lowest BCUT2D eigenvalue weighted by molar-refractivity contribution is -0.141. The van der Waals surface area contributed by atoms with Crippen LogP contribution in [0.25, 0.3) is 0 Å². The van der Waals surface area contributed by atoms with Crippen molar-refractivity contribution in [2.24, 2.45) is 0 Å². The summed E-state index contributed by atoms with van der Waals surface area (Å²) in [5, 5.41) is 5.94. The zero-order chi connectivity index (χ0) is 17.2. The molecule has 6 nitrogen and oxygen atoms in total. The number of nitrogens with one attached hydrogen (secondary N) is 2. The molecule has 0 spiro atoms. The van der Waals surface area contributed by atoms with Crippen LogP contribution in [0.5, 0.6) is 0 Å². The number of halogens is 3. The Morgan fingerprint density at radius 3 is 2.50 bits per heavy atom. The molecule has 9 heteroatoms. The zero-order valence-electron chi connectivity index (χ0n) is 13.7. The largest absolute Gasteiger partial charge is 0.433 e. The van der Waals surface area contributed by atoms with Gasteiger partial charge in [0.05, 0.1) is 0 Å². The van der Waals surface area contributed by atoms with E-state index in [0.717, 1.165) is 51.6 Å². The van der Waals surface area contributed by atoms with Gasteiger partial charge in [-0.15, -0.1) is 0 Å². The highest BCUT2D eigenvalue weighted by molar-refractivity contribution is 5.44. The second-order valence-electron chi connectivity index (χ2n) is 6.45. The van der Waals surface area contributed by atoms with E-state index in [9.17, 15) is 13.2 Å². The van der Waals surface area contributed by atoms with Crippen LogP contribution in [0.3, 0.4) is 0 Å². The Kier molecular flexibility index (Phi) is 5.09. The molecule has 0 radical (unpaired) electrons. The van der Waals surface area contributed by atoms with E-state index in [1.807, 2.05) is 0 Å². The predicted molar refractivity (Wildman–Crippen MR) is 86.1 cm³/mol. The van der Waals surface area contributed by atoms with Crippen molar-refractivity contribution in [3.8, 4) is 0 Å². The number of piperazine rings is 1. The number of likely N-dealkylation sites (N-methyl/N-ethyl adjacent to an activating group) is 1. The summed E-state index contributed by atoms with van der Waals surface area (Å²) in [6, 6.07) is 1.17. The Hall–Kier alpha value is -1.61. The van der Waals surface area contributed by atoms with Crippen molar-refractivity contribution in [3.05, 3.63) is 11.8 Å². The van der Waals surface area contributed by atoms with Crippen molar-refractivity contribution in [2.75, 3.05) is 56.9 Å². The van der Waals surface area contributed by atoms with Crippen LogP contribution in [-0.4, -0.2) is 72.1 Å². The molecule has 2 heterocycles. The van der Waals surface area contributed by atoms with E-state index in [4.69, 9.17) is 0 Å². The molecule has 134 valence electrons. The first-order valence-electron chi connectivity index (χ1n) is 8.28. The number of anilines is 2. The molecular weight excluding hydrogens is 321 g/mol. The van der Waals surface area contributed by atoms with E-state index in [2.05, 4.69) is 37.4 Å². The van der Waals surface area contributed by atoms with Crippen LogP contribution in [-0.2, 0) is 6.18 Å². The van der Waals surface area contributed by atoms with Gasteiger partial charge >= 0.3 is 6.18 Å². The molecule has 2 N–H and O–H groups in total. The maximum atomic E-state index is 13.0. The third-order valence-electron chi connectivity index (χ3n) is 4.26. The summed E-state index contributed by atoms with van der Waals surface area (Å²) in [7, 11) is 2.09. The molecule has 1 saturated carbocycles. The molecule has 0 amide bonds. The minimum absolute atomic E-state index is 0.0504. The number of alkyl halides is 3. The summed E-state index contributed by atoms with van der Waals surface area (Å²) in [6.07, 6.45) is -2.58. The molecule has 0 bridgehead atoms. The molecule has 2 aliphatic rings. The van der Waals surface area contributed by atoms with Gasteiger partial charge in [-0.1, -0.05) is 0 Å². The molecule has 0 aromatic carbocycles. The topological polar surface area (TPSA) is 56.3 Å². The number of aromatic nitrogens is 2. The van der Waals surface area contributed by atoms with Crippen molar-refractivity contribution in [3.63, 3.8) is 0 Å².